The monoisotopic (exact) mass is 698 g/mol. The molecule has 2 heterocycles. The van der Waals surface area contributed by atoms with E-state index in [0.29, 0.717) is 32.5 Å². The number of thiazole rings is 1. The lowest BCUT2D eigenvalue weighted by Gasteiger charge is -2.30. The van der Waals surface area contributed by atoms with Gasteiger partial charge in [0.05, 0.1) is 35.0 Å². The second kappa shape index (κ2) is 12.4. The number of rotatable bonds is 7. The van der Waals surface area contributed by atoms with Gasteiger partial charge in [-0.15, -0.1) is 0 Å². The molecule has 45 heavy (non-hydrogen) atoms. The van der Waals surface area contributed by atoms with E-state index in [-0.39, 0.29) is 11.6 Å². The van der Waals surface area contributed by atoms with Crippen LogP contribution in [0.3, 0.4) is 0 Å². The molecule has 6 nitrogen and oxygen atoms in total. The van der Waals surface area contributed by atoms with Gasteiger partial charge < -0.3 is 14.2 Å². The summed E-state index contributed by atoms with van der Waals surface area (Å²) in [7, 11) is 3.26. The standard InChI is InChI=1S/C36H28BrClN2O4S/c1-42-26-14-9-24(10-15-26)33-28-16-11-23-5-3-4-6-27(23)32(28)39-36-40(33)35(41)31(45-36)19-22-17-29(37)34(30(18-22)43-2)44-20-21-7-12-25(38)13-8-21/h3-10,12-15,17-19,33H,11,16,20H2,1-2H3/b31-19+/t33-/m1/s1. The molecule has 0 radical (unpaired) electrons. The van der Waals surface area contributed by atoms with Gasteiger partial charge in [-0.05, 0) is 99.1 Å². The zero-order chi connectivity index (χ0) is 31.1. The predicted molar refractivity (Wildman–Crippen MR) is 182 cm³/mol. The van der Waals surface area contributed by atoms with Crippen LogP contribution in [0.4, 0.5) is 0 Å². The molecule has 2 aliphatic rings. The summed E-state index contributed by atoms with van der Waals surface area (Å²) in [6.45, 7) is 0.350. The molecule has 0 N–H and O–H groups in total. The van der Waals surface area contributed by atoms with Crippen LogP contribution in [0.5, 0.6) is 17.2 Å². The van der Waals surface area contributed by atoms with Crippen molar-refractivity contribution >= 4 is 50.6 Å². The van der Waals surface area contributed by atoms with Gasteiger partial charge in [0.1, 0.15) is 12.4 Å². The summed E-state index contributed by atoms with van der Waals surface area (Å²) in [6, 6.07) is 27.5. The highest BCUT2D eigenvalue weighted by Crippen LogP contribution is 2.42. The maximum Gasteiger partial charge on any atom is 0.271 e. The van der Waals surface area contributed by atoms with Gasteiger partial charge in [0, 0.05) is 10.6 Å². The van der Waals surface area contributed by atoms with Gasteiger partial charge in [-0.1, -0.05) is 71.5 Å². The molecule has 0 saturated heterocycles. The van der Waals surface area contributed by atoms with Crippen molar-refractivity contribution in [2.45, 2.75) is 25.5 Å². The number of ether oxygens (including phenoxy) is 3. The molecule has 226 valence electrons. The van der Waals surface area contributed by atoms with E-state index in [1.54, 1.807) is 14.2 Å². The van der Waals surface area contributed by atoms with E-state index in [0.717, 1.165) is 56.6 Å². The van der Waals surface area contributed by atoms with E-state index >= 15 is 0 Å². The Morgan fingerprint density at radius 2 is 1.78 bits per heavy atom. The highest BCUT2D eigenvalue weighted by Gasteiger charge is 2.32. The van der Waals surface area contributed by atoms with Crippen LogP contribution < -0.4 is 29.1 Å². The second-order valence-electron chi connectivity index (χ2n) is 10.8. The van der Waals surface area contributed by atoms with Gasteiger partial charge in [0.15, 0.2) is 16.3 Å². The second-order valence-corrected chi connectivity index (χ2v) is 13.1. The number of benzene rings is 4. The summed E-state index contributed by atoms with van der Waals surface area (Å²) < 4.78 is 20.4. The first-order chi connectivity index (χ1) is 21.9. The van der Waals surface area contributed by atoms with E-state index in [9.17, 15) is 4.79 Å². The number of aryl methyl sites for hydroxylation is 1. The molecule has 0 saturated carbocycles. The van der Waals surface area contributed by atoms with E-state index in [1.807, 2.05) is 71.3 Å². The number of methoxy groups -OCH3 is 2. The van der Waals surface area contributed by atoms with Gasteiger partial charge >= 0.3 is 0 Å². The first-order valence-electron chi connectivity index (χ1n) is 14.5. The average molecular weight is 700 g/mol. The van der Waals surface area contributed by atoms with Crippen molar-refractivity contribution in [3.05, 3.63) is 148 Å². The van der Waals surface area contributed by atoms with E-state index in [2.05, 4.69) is 40.2 Å². The predicted octanol–water partition coefficient (Wildman–Crippen LogP) is 7.33. The molecule has 0 amide bonds. The molecule has 0 bridgehead atoms. The maximum absolute atomic E-state index is 14.2. The largest absolute Gasteiger partial charge is 0.497 e. The van der Waals surface area contributed by atoms with Gasteiger partial charge in [-0.2, -0.15) is 0 Å². The van der Waals surface area contributed by atoms with Crippen LogP contribution in [0.1, 0.15) is 40.3 Å². The molecule has 5 aromatic rings. The third kappa shape index (κ3) is 5.63. The van der Waals surface area contributed by atoms with Crippen LogP contribution in [0.2, 0.25) is 5.02 Å². The van der Waals surface area contributed by atoms with Crippen molar-refractivity contribution in [3.8, 4) is 17.2 Å². The summed E-state index contributed by atoms with van der Waals surface area (Å²) in [6.07, 6.45) is 3.63. The minimum absolute atomic E-state index is 0.0804. The Labute approximate surface area is 277 Å². The molecular weight excluding hydrogens is 672 g/mol. The normalized spacial score (nSPS) is 15.6. The first-order valence-corrected chi connectivity index (χ1v) is 16.4. The Balaban J connectivity index is 1.32. The van der Waals surface area contributed by atoms with Crippen LogP contribution in [-0.2, 0) is 13.0 Å². The van der Waals surface area contributed by atoms with Crippen LogP contribution in [0.25, 0.3) is 11.8 Å². The van der Waals surface area contributed by atoms with Crippen molar-refractivity contribution in [1.29, 1.82) is 0 Å². The van der Waals surface area contributed by atoms with Crippen LogP contribution in [-0.4, -0.2) is 18.8 Å². The highest BCUT2D eigenvalue weighted by atomic mass is 79.9. The average Bonchev–Trinajstić information content (AvgIpc) is 3.37. The Morgan fingerprint density at radius 3 is 2.53 bits per heavy atom. The molecule has 4 aromatic carbocycles. The Morgan fingerprint density at radius 1 is 1.00 bits per heavy atom. The lowest BCUT2D eigenvalue weighted by atomic mass is 9.83. The molecule has 9 heteroatoms. The number of hydrogen-bond acceptors (Lipinski definition) is 6. The zero-order valence-corrected chi connectivity index (χ0v) is 27.7. The molecule has 0 fully saturated rings. The fourth-order valence-electron chi connectivity index (χ4n) is 5.96. The molecule has 1 aliphatic heterocycles. The Hall–Kier alpha value is -4.11. The molecule has 1 aliphatic carbocycles. The lowest BCUT2D eigenvalue weighted by molar-refractivity contribution is 0.282. The van der Waals surface area contributed by atoms with Crippen molar-refractivity contribution in [2.24, 2.45) is 4.99 Å². The van der Waals surface area contributed by atoms with Crippen molar-refractivity contribution in [3.63, 3.8) is 0 Å². The van der Waals surface area contributed by atoms with E-state index < -0.39 is 0 Å². The number of hydrogen-bond donors (Lipinski definition) is 0. The number of allylic oxidation sites excluding steroid dienone is 1. The quantitative estimate of drug-likeness (QED) is 0.179. The highest BCUT2D eigenvalue weighted by molar-refractivity contribution is 9.10. The minimum atomic E-state index is -0.262. The number of fused-ring (bicyclic) bond motifs is 3. The van der Waals surface area contributed by atoms with Crippen molar-refractivity contribution in [2.75, 3.05) is 14.2 Å². The molecule has 1 atom stereocenters. The minimum Gasteiger partial charge on any atom is -0.497 e. The smallest absolute Gasteiger partial charge is 0.271 e. The van der Waals surface area contributed by atoms with Crippen LogP contribution in [0.15, 0.2) is 105 Å². The molecular formula is C36H28BrClN2O4S. The topological polar surface area (TPSA) is 62.0 Å². The van der Waals surface area contributed by atoms with Crippen molar-refractivity contribution < 1.29 is 14.2 Å². The Bertz CT molecular complexity index is 2140. The fourth-order valence-corrected chi connectivity index (χ4v) is 7.66. The summed E-state index contributed by atoms with van der Waals surface area (Å²) in [5.41, 5.74) is 7.27. The summed E-state index contributed by atoms with van der Waals surface area (Å²) in [4.78, 5) is 20.0. The van der Waals surface area contributed by atoms with Gasteiger partial charge in [-0.25, -0.2) is 4.99 Å². The molecule has 0 unspecified atom stereocenters. The lowest BCUT2D eigenvalue weighted by Crippen LogP contribution is -2.38. The van der Waals surface area contributed by atoms with Crippen LogP contribution in [0, 0.1) is 0 Å². The number of nitrogens with zero attached hydrogens (tertiary/aromatic N) is 2. The first kappa shape index (κ1) is 29.6. The number of aromatic nitrogens is 1. The van der Waals surface area contributed by atoms with E-state index in [1.165, 1.54) is 16.9 Å². The molecule has 0 spiro atoms. The SMILES string of the molecule is COc1ccc([C@@H]2C3=C(N=c4s/c(=C/c5cc(Br)c(OCc6ccc(Cl)cc6)c(OC)c5)c(=O)n42)c2ccccc2CC3)cc1. The number of halogens is 2. The third-order valence-corrected chi connectivity index (χ3v) is 9.97. The Kier molecular flexibility index (Phi) is 8.12. The molecule has 7 rings (SSSR count). The van der Waals surface area contributed by atoms with Crippen LogP contribution >= 0.6 is 38.9 Å². The maximum atomic E-state index is 14.2. The fraction of sp³-hybridized carbons (Fsp3) is 0.167. The summed E-state index contributed by atoms with van der Waals surface area (Å²) >= 11 is 11.1. The van der Waals surface area contributed by atoms with Gasteiger partial charge in [-0.3, -0.25) is 9.36 Å². The van der Waals surface area contributed by atoms with Gasteiger partial charge in [0.25, 0.3) is 5.56 Å². The zero-order valence-electron chi connectivity index (χ0n) is 24.6. The summed E-state index contributed by atoms with van der Waals surface area (Å²) in [5.74, 6) is 1.91. The van der Waals surface area contributed by atoms with Gasteiger partial charge in [0.2, 0.25) is 0 Å². The van der Waals surface area contributed by atoms with E-state index in [4.69, 9.17) is 30.8 Å². The third-order valence-electron chi connectivity index (χ3n) is 8.15. The van der Waals surface area contributed by atoms with Crippen molar-refractivity contribution in [1.82, 2.24) is 4.57 Å². The summed E-state index contributed by atoms with van der Waals surface area (Å²) in [5, 5.41) is 0.674. The molecule has 1 aromatic heterocycles.